The molecule has 0 saturated carbocycles. The van der Waals surface area contributed by atoms with Crippen LogP contribution in [0.4, 0.5) is 17.3 Å². The largest absolute Gasteiger partial charge is 0.370 e. The van der Waals surface area contributed by atoms with Crippen LogP contribution in [0.15, 0.2) is 42.9 Å². The molecule has 10 heteroatoms. The summed E-state index contributed by atoms with van der Waals surface area (Å²) in [5.41, 5.74) is 3.15. The predicted octanol–water partition coefficient (Wildman–Crippen LogP) is 3.27. The van der Waals surface area contributed by atoms with Crippen molar-refractivity contribution in [3.63, 3.8) is 0 Å². The number of hydrogen-bond acceptors (Lipinski definition) is 7. The second-order valence-electron chi connectivity index (χ2n) is 8.41. The van der Waals surface area contributed by atoms with Gasteiger partial charge in [-0.15, -0.1) is 0 Å². The summed E-state index contributed by atoms with van der Waals surface area (Å²) >= 11 is 6.43. The molecule has 2 aliphatic rings. The second kappa shape index (κ2) is 9.46. The third-order valence-electron chi connectivity index (χ3n) is 6.12. The highest BCUT2D eigenvalue weighted by atomic mass is 35.5. The van der Waals surface area contributed by atoms with Crippen LogP contribution in [0.5, 0.6) is 0 Å². The minimum atomic E-state index is -0.0351. The van der Waals surface area contributed by atoms with Gasteiger partial charge in [0.05, 0.1) is 35.8 Å². The first-order chi connectivity index (χ1) is 16.1. The van der Waals surface area contributed by atoms with Gasteiger partial charge < -0.3 is 20.3 Å². The lowest BCUT2D eigenvalue weighted by atomic mass is 9.95. The molecule has 0 unspecified atom stereocenters. The lowest BCUT2D eigenvalue weighted by molar-refractivity contribution is -0.125. The number of nitrogens with zero attached hydrogens (tertiary/aromatic N) is 5. The molecule has 1 amide bonds. The van der Waals surface area contributed by atoms with Crippen molar-refractivity contribution in [2.45, 2.75) is 19.4 Å². The van der Waals surface area contributed by atoms with E-state index in [4.69, 9.17) is 16.3 Å². The fourth-order valence-corrected chi connectivity index (χ4v) is 4.51. The molecule has 4 heterocycles. The summed E-state index contributed by atoms with van der Waals surface area (Å²) in [4.78, 5) is 22.7. The highest BCUT2D eigenvalue weighted by molar-refractivity contribution is 6.32. The van der Waals surface area contributed by atoms with E-state index in [1.165, 1.54) is 0 Å². The topological polar surface area (TPSA) is 97.2 Å². The summed E-state index contributed by atoms with van der Waals surface area (Å²) in [7, 11) is 0. The molecular formula is C23H26ClN7O2. The van der Waals surface area contributed by atoms with E-state index in [0.29, 0.717) is 41.8 Å². The lowest BCUT2D eigenvalue weighted by Gasteiger charge is -2.29. The molecule has 2 saturated heterocycles. The van der Waals surface area contributed by atoms with Crippen molar-refractivity contribution in [2.75, 3.05) is 43.1 Å². The lowest BCUT2D eigenvalue weighted by Crippen LogP contribution is -2.41. The Morgan fingerprint density at radius 3 is 2.88 bits per heavy atom. The molecule has 3 aromatic rings. The number of rotatable bonds is 5. The maximum atomic E-state index is 12.0. The third kappa shape index (κ3) is 4.71. The van der Waals surface area contributed by atoms with E-state index in [1.54, 1.807) is 17.3 Å². The molecule has 2 aromatic heterocycles. The number of amides is 1. The van der Waals surface area contributed by atoms with Crippen molar-refractivity contribution in [1.29, 1.82) is 0 Å². The molecule has 5 rings (SSSR count). The zero-order chi connectivity index (χ0) is 22.8. The molecule has 172 valence electrons. The number of carbonyl (C=O) groups is 1. The molecule has 0 aliphatic carbocycles. The summed E-state index contributed by atoms with van der Waals surface area (Å²) in [5, 5.41) is 11.7. The predicted molar refractivity (Wildman–Crippen MR) is 127 cm³/mol. The van der Waals surface area contributed by atoms with Gasteiger partial charge in [0.25, 0.3) is 5.91 Å². The first-order valence-corrected chi connectivity index (χ1v) is 11.5. The quantitative estimate of drug-likeness (QED) is 0.594. The average molecular weight is 468 g/mol. The van der Waals surface area contributed by atoms with Crippen molar-refractivity contribution >= 4 is 34.8 Å². The Balaban J connectivity index is 1.32. The van der Waals surface area contributed by atoms with E-state index >= 15 is 0 Å². The van der Waals surface area contributed by atoms with Crippen LogP contribution in [0.2, 0.25) is 5.02 Å². The first-order valence-electron chi connectivity index (χ1n) is 11.1. The summed E-state index contributed by atoms with van der Waals surface area (Å²) in [6, 6.07) is 7.94. The van der Waals surface area contributed by atoms with Gasteiger partial charge in [0.15, 0.2) is 0 Å². The van der Waals surface area contributed by atoms with Crippen LogP contribution in [0.1, 0.15) is 19.4 Å². The van der Waals surface area contributed by atoms with Crippen LogP contribution in [0.3, 0.4) is 0 Å². The van der Waals surface area contributed by atoms with Crippen molar-refractivity contribution in [3.05, 3.63) is 47.9 Å². The molecule has 2 N–H and O–H groups in total. The van der Waals surface area contributed by atoms with Crippen molar-refractivity contribution in [3.8, 4) is 11.3 Å². The number of morpholine rings is 1. The summed E-state index contributed by atoms with van der Waals surface area (Å²) in [6.45, 7) is 5.43. The number of nitrogens with one attached hydrogen (secondary N) is 2. The molecule has 2 aliphatic heterocycles. The third-order valence-corrected chi connectivity index (χ3v) is 6.40. The Morgan fingerprint density at radius 2 is 2.09 bits per heavy atom. The molecular weight excluding hydrogens is 442 g/mol. The van der Waals surface area contributed by atoms with E-state index in [1.807, 2.05) is 35.1 Å². The smallest absolute Gasteiger partial charge is 0.253 e. The minimum Gasteiger partial charge on any atom is -0.370 e. The molecule has 0 spiro atoms. The van der Waals surface area contributed by atoms with Gasteiger partial charge in [0.1, 0.15) is 6.61 Å². The van der Waals surface area contributed by atoms with Gasteiger partial charge >= 0.3 is 0 Å². The van der Waals surface area contributed by atoms with E-state index < -0.39 is 0 Å². The summed E-state index contributed by atoms with van der Waals surface area (Å²) in [6.07, 6.45) is 6.45. The molecule has 0 radical (unpaired) electrons. The van der Waals surface area contributed by atoms with Gasteiger partial charge in [0, 0.05) is 29.7 Å². The Morgan fingerprint density at radius 1 is 1.24 bits per heavy atom. The van der Waals surface area contributed by atoms with Crippen molar-refractivity contribution in [1.82, 2.24) is 25.1 Å². The van der Waals surface area contributed by atoms with Crippen LogP contribution in [-0.4, -0.2) is 58.5 Å². The standard InChI is InChI=1S/C23H26ClN7O2/c1-15-10-25-7-6-20(15)31-13-16(11-27-31)22-19(24)12-26-23(29-22)28-17-2-4-18(5-3-17)30-8-9-33-14-21(30)32/h2-5,11-13,15,20,25H,6-10,14H2,1H3,(H,26,28,29)/t15-,20+/m1/s1. The number of anilines is 3. The maximum Gasteiger partial charge on any atom is 0.253 e. The number of hydrogen-bond donors (Lipinski definition) is 2. The number of aromatic nitrogens is 4. The zero-order valence-electron chi connectivity index (χ0n) is 18.4. The van der Waals surface area contributed by atoms with Gasteiger partial charge in [-0.2, -0.15) is 5.10 Å². The number of ether oxygens (including phenoxy) is 1. The molecule has 33 heavy (non-hydrogen) atoms. The first kappa shape index (κ1) is 21.8. The summed E-state index contributed by atoms with van der Waals surface area (Å²) in [5.74, 6) is 0.903. The van der Waals surface area contributed by atoms with Crippen LogP contribution in [-0.2, 0) is 9.53 Å². The summed E-state index contributed by atoms with van der Waals surface area (Å²) < 4.78 is 7.22. The highest BCUT2D eigenvalue weighted by Crippen LogP contribution is 2.30. The molecule has 2 atom stereocenters. The number of benzene rings is 1. The van der Waals surface area contributed by atoms with Crippen molar-refractivity contribution < 1.29 is 9.53 Å². The van der Waals surface area contributed by atoms with Crippen LogP contribution >= 0.6 is 11.6 Å². The fraction of sp³-hybridized carbons (Fsp3) is 0.391. The van der Waals surface area contributed by atoms with Crippen LogP contribution < -0.4 is 15.5 Å². The Bertz CT molecular complexity index is 1130. The Kier molecular flexibility index (Phi) is 6.26. The maximum absolute atomic E-state index is 12.0. The van der Waals surface area contributed by atoms with Crippen LogP contribution in [0, 0.1) is 5.92 Å². The number of halogens is 1. The fourth-order valence-electron chi connectivity index (χ4n) is 4.31. The molecule has 0 bridgehead atoms. The second-order valence-corrected chi connectivity index (χ2v) is 8.81. The van der Waals surface area contributed by atoms with E-state index in [9.17, 15) is 4.79 Å². The monoisotopic (exact) mass is 467 g/mol. The molecule has 9 nitrogen and oxygen atoms in total. The number of piperidine rings is 1. The van der Waals surface area contributed by atoms with E-state index in [0.717, 1.165) is 36.4 Å². The molecule has 1 aromatic carbocycles. The normalized spacial score (nSPS) is 21.3. The van der Waals surface area contributed by atoms with Gasteiger partial charge in [-0.25, -0.2) is 9.97 Å². The number of carbonyl (C=O) groups excluding carboxylic acids is 1. The van der Waals surface area contributed by atoms with E-state index in [2.05, 4.69) is 32.6 Å². The SMILES string of the molecule is C[C@@H]1CNCC[C@@H]1n1cc(-c2nc(Nc3ccc(N4CCOCC4=O)cc3)ncc2Cl)cn1. The average Bonchev–Trinajstić information content (AvgIpc) is 3.31. The van der Waals surface area contributed by atoms with Gasteiger partial charge in [-0.05, 0) is 49.7 Å². The Labute approximate surface area is 197 Å². The minimum absolute atomic E-state index is 0.0351. The highest BCUT2D eigenvalue weighted by Gasteiger charge is 2.24. The van der Waals surface area contributed by atoms with Gasteiger partial charge in [0.2, 0.25) is 5.95 Å². The Hall–Kier alpha value is -3.01. The van der Waals surface area contributed by atoms with Gasteiger partial charge in [-0.1, -0.05) is 18.5 Å². The molecule has 2 fully saturated rings. The van der Waals surface area contributed by atoms with E-state index in [-0.39, 0.29) is 12.5 Å². The van der Waals surface area contributed by atoms with Crippen LogP contribution in [0.25, 0.3) is 11.3 Å². The van der Waals surface area contributed by atoms with Gasteiger partial charge in [-0.3, -0.25) is 9.48 Å². The van der Waals surface area contributed by atoms with Crippen molar-refractivity contribution in [2.24, 2.45) is 5.92 Å². The zero-order valence-corrected chi connectivity index (χ0v) is 19.1.